The summed E-state index contributed by atoms with van der Waals surface area (Å²) >= 11 is 1.24. The Hall–Kier alpha value is -1.38. The summed E-state index contributed by atoms with van der Waals surface area (Å²) in [6, 6.07) is 0.232. The molecule has 1 rings (SSSR count). The van der Waals surface area contributed by atoms with Gasteiger partial charge < -0.3 is 25.8 Å². The van der Waals surface area contributed by atoms with Crippen molar-refractivity contribution in [2.24, 2.45) is 0 Å². The minimum Gasteiger partial charge on any atom is -0.382 e. The molecule has 1 unspecified atom stereocenters. The van der Waals surface area contributed by atoms with E-state index in [0.717, 1.165) is 0 Å². The topological polar surface area (TPSA) is 98.5 Å². The first-order valence-electron chi connectivity index (χ1n) is 6.30. The molecule has 1 amide bonds. The van der Waals surface area contributed by atoms with E-state index in [2.05, 4.69) is 15.6 Å². The Morgan fingerprint density at radius 1 is 1.45 bits per heavy atom. The van der Waals surface area contributed by atoms with E-state index >= 15 is 0 Å². The zero-order valence-electron chi connectivity index (χ0n) is 12.2. The number of carbonyl (C=O) groups excluding carboxylic acids is 1. The normalized spacial score (nSPS) is 12.4. The Morgan fingerprint density at radius 2 is 2.15 bits per heavy atom. The van der Waals surface area contributed by atoms with E-state index in [-0.39, 0.29) is 23.9 Å². The predicted octanol–water partition coefficient (Wildman–Crippen LogP) is 0.937. The van der Waals surface area contributed by atoms with Crippen LogP contribution in [-0.4, -0.2) is 50.4 Å². The zero-order valence-corrected chi connectivity index (χ0v) is 13.0. The summed E-state index contributed by atoms with van der Waals surface area (Å²) in [7, 11) is 3.15. The van der Waals surface area contributed by atoms with Gasteiger partial charge in [-0.25, -0.2) is 4.98 Å². The van der Waals surface area contributed by atoms with Crippen molar-refractivity contribution in [3.8, 4) is 0 Å². The molecule has 8 heteroatoms. The Bertz CT molecular complexity index is 436. The van der Waals surface area contributed by atoms with Crippen LogP contribution in [0, 0.1) is 0 Å². The van der Waals surface area contributed by atoms with Gasteiger partial charge in [-0.3, -0.25) is 4.79 Å². The van der Waals surface area contributed by atoms with E-state index in [1.165, 1.54) is 11.3 Å². The second-order valence-electron chi connectivity index (χ2n) is 4.56. The summed E-state index contributed by atoms with van der Waals surface area (Å²) < 4.78 is 10.2. The molecule has 1 aromatic rings. The molecule has 0 saturated heterocycles. The molecule has 0 aliphatic carbocycles. The van der Waals surface area contributed by atoms with E-state index in [1.54, 1.807) is 14.2 Å². The van der Waals surface area contributed by atoms with Crippen molar-refractivity contribution >= 4 is 28.2 Å². The van der Waals surface area contributed by atoms with Gasteiger partial charge in [-0.2, -0.15) is 0 Å². The predicted molar refractivity (Wildman–Crippen MR) is 80.3 cm³/mol. The lowest BCUT2D eigenvalue weighted by Crippen LogP contribution is -2.35. The smallest absolute Gasteiger partial charge is 0.265 e. The van der Waals surface area contributed by atoms with E-state index in [1.807, 2.05) is 13.8 Å². The van der Waals surface area contributed by atoms with Gasteiger partial charge >= 0.3 is 0 Å². The Morgan fingerprint density at radius 3 is 2.70 bits per heavy atom. The van der Waals surface area contributed by atoms with Gasteiger partial charge in [0.25, 0.3) is 5.91 Å². The van der Waals surface area contributed by atoms with Crippen LogP contribution in [0.5, 0.6) is 0 Å². The lowest BCUT2D eigenvalue weighted by Gasteiger charge is -2.14. The third kappa shape index (κ3) is 4.95. The number of amides is 1. The first-order chi connectivity index (χ1) is 9.47. The van der Waals surface area contributed by atoms with Crippen molar-refractivity contribution < 1.29 is 14.3 Å². The summed E-state index contributed by atoms with van der Waals surface area (Å²) in [6.45, 7) is 4.75. The SMILES string of the molecule is COCC(CNC(=O)c1sc(NC(C)C)nc1N)OC. The minimum absolute atomic E-state index is 0.189. The number of nitrogen functional groups attached to an aromatic ring is 1. The van der Waals surface area contributed by atoms with Gasteiger partial charge in [0.2, 0.25) is 0 Å². The van der Waals surface area contributed by atoms with Crippen molar-refractivity contribution in [1.82, 2.24) is 10.3 Å². The summed E-state index contributed by atoms with van der Waals surface area (Å²) in [4.78, 5) is 16.6. The van der Waals surface area contributed by atoms with Gasteiger partial charge in [0.15, 0.2) is 5.13 Å². The summed E-state index contributed by atoms with van der Waals surface area (Å²) in [5.74, 6) is -0.0219. The van der Waals surface area contributed by atoms with Gasteiger partial charge in [0.05, 0.1) is 12.7 Å². The lowest BCUT2D eigenvalue weighted by atomic mass is 10.3. The Kier molecular flexibility index (Phi) is 6.69. The number of nitrogens with zero attached hydrogens (tertiary/aromatic N) is 1. The van der Waals surface area contributed by atoms with Crippen LogP contribution >= 0.6 is 11.3 Å². The Balaban J connectivity index is 2.61. The quantitative estimate of drug-likeness (QED) is 0.661. The molecule has 7 nitrogen and oxygen atoms in total. The van der Waals surface area contributed by atoms with Gasteiger partial charge in [-0.05, 0) is 13.8 Å². The maximum atomic E-state index is 12.0. The van der Waals surface area contributed by atoms with Crippen LogP contribution in [0.1, 0.15) is 23.5 Å². The standard InChI is InChI=1S/C12H22N4O3S/c1-7(2)15-12-16-10(13)9(20-12)11(17)14-5-8(19-4)6-18-3/h7-8H,5-6,13H2,1-4H3,(H,14,17)(H,15,16). The van der Waals surface area contributed by atoms with Gasteiger partial charge in [-0.1, -0.05) is 11.3 Å². The zero-order chi connectivity index (χ0) is 15.1. The van der Waals surface area contributed by atoms with Crippen molar-refractivity contribution in [2.45, 2.75) is 26.0 Å². The number of nitrogens with one attached hydrogen (secondary N) is 2. The highest BCUT2D eigenvalue weighted by atomic mass is 32.1. The van der Waals surface area contributed by atoms with Crippen LogP contribution in [0.15, 0.2) is 0 Å². The molecular formula is C12H22N4O3S. The summed E-state index contributed by atoms with van der Waals surface area (Å²) in [5, 5.41) is 6.52. The molecule has 1 atom stereocenters. The molecule has 0 aliphatic heterocycles. The number of methoxy groups -OCH3 is 2. The van der Waals surface area contributed by atoms with Gasteiger partial charge in [0, 0.05) is 26.8 Å². The van der Waals surface area contributed by atoms with Gasteiger partial charge in [0.1, 0.15) is 10.7 Å². The number of anilines is 2. The third-order valence-electron chi connectivity index (χ3n) is 2.45. The molecule has 4 N–H and O–H groups in total. The molecule has 0 saturated carbocycles. The highest BCUT2D eigenvalue weighted by Crippen LogP contribution is 2.25. The number of rotatable bonds is 8. The van der Waals surface area contributed by atoms with E-state index in [9.17, 15) is 4.79 Å². The second kappa shape index (κ2) is 8.03. The minimum atomic E-state index is -0.255. The lowest BCUT2D eigenvalue weighted by molar-refractivity contribution is 0.0286. The molecule has 0 bridgehead atoms. The fourth-order valence-electron chi connectivity index (χ4n) is 1.49. The molecule has 0 fully saturated rings. The largest absolute Gasteiger partial charge is 0.382 e. The van der Waals surface area contributed by atoms with Crippen LogP contribution in [0.4, 0.5) is 10.9 Å². The average Bonchev–Trinajstić information content (AvgIpc) is 2.74. The third-order valence-corrected chi connectivity index (χ3v) is 3.45. The van der Waals surface area contributed by atoms with Crippen molar-refractivity contribution in [3.05, 3.63) is 4.88 Å². The highest BCUT2D eigenvalue weighted by molar-refractivity contribution is 7.18. The van der Waals surface area contributed by atoms with Crippen LogP contribution in [0.2, 0.25) is 0 Å². The number of nitrogens with two attached hydrogens (primary N) is 1. The van der Waals surface area contributed by atoms with E-state index < -0.39 is 0 Å². The number of hydrogen-bond donors (Lipinski definition) is 3. The number of carbonyl (C=O) groups is 1. The molecule has 0 aromatic carbocycles. The first-order valence-corrected chi connectivity index (χ1v) is 7.12. The monoisotopic (exact) mass is 302 g/mol. The van der Waals surface area contributed by atoms with Crippen LogP contribution in [0.25, 0.3) is 0 Å². The average molecular weight is 302 g/mol. The molecule has 114 valence electrons. The van der Waals surface area contributed by atoms with E-state index in [0.29, 0.717) is 23.2 Å². The number of ether oxygens (including phenoxy) is 2. The van der Waals surface area contributed by atoms with E-state index in [4.69, 9.17) is 15.2 Å². The maximum Gasteiger partial charge on any atom is 0.265 e. The highest BCUT2D eigenvalue weighted by Gasteiger charge is 2.17. The molecular weight excluding hydrogens is 280 g/mol. The first kappa shape index (κ1) is 16.7. The van der Waals surface area contributed by atoms with Crippen LogP contribution in [0.3, 0.4) is 0 Å². The summed E-state index contributed by atoms with van der Waals surface area (Å²) in [5.41, 5.74) is 5.76. The molecule has 1 heterocycles. The van der Waals surface area contributed by atoms with Gasteiger partial charge in [-0.15, -0.1) is 0 Å². The summed E-state index contributed by atoms with van der Waals surface area (Å²) in [6.07, 6.45) is -0.189. The fraction of sp³-hybridized carbons (Fsp3) is 0.667. The number of hydrogen-bond acceptors (Lipinski definition) is 7. The second-order valence-corrected chi connectivity index (χ2v) is 5.55. The van der Waals surface area contributed by atoms with Crippen molar-refractivity contribution in [3.63, 3.8) is 0 Å². The molecule has 0 aliphatic rings. The van der Waals surface area contributed by atoms with Crippen molar-refractivity contribution in [2.75, 3.05) is 38.4 Å². The number of thiazole rings is 1. The number of aromatic nitrogens is 1. The fourth-order valence-corrected chi connectivity index (χ4v) is 2.43. The molecule has 1 aromatic heterocycles. The molecule has 0 spiro atoms. The van der Waals surface area contributed by atoms with Crippen LogP contribution < -0.4 is 16.4 Å². The van der Waals surface area contributed by atoms with Crippen LogP contribution in [-0.2, 0) is 9.47 Å². The molecule has 20 heavy (non-hydrogen) atoms. The Labute approximate surface area is 122 Å². The molecule has 0 radical (unpaired) electrons. The maximum absolute atomic E-state index is 12.0. The van der Waals surface area contributed by atoms with Crippen molar-refractivity contribution in [1.29, 1.82) is 0 Å².